The summed E-state index contributed by atoms with van der Waals surface area (Å²) in [6.07, 6.45) is 7.33. The van der Waals surface area contributed by atoms with Crippen LogP contribution in [0.15, 0.2) is 48.4 Å². The Morgan fingerprint density at radius 2 is 1.75 bits per heavy atom. The number of aromatic nitrogens is 3. The molecule has 0 amide bonds. The Labute approximate surface area is 122 Å². The molecular weight excluding hydrogens is 266 g/mol. The number of hydrogen-bond donors (Lipinski definition) is 0. The fraction of sp³-hybridized carbons (Fsp3) is 0.188. The van der Waals surface area contributed by atoms with E-state index in [2.05, 4.69) is 35.3 Å². The summed E-state index contributed by atoms with van der Waals surface area (Å²) in [7, 11) is 0. The van der Waals surface area contributed by atoms with Crippen LogP contribution in [0.1, 0.15) is 25.3 Å². The lowest BCUT2D eigenvalue weighted by Crippen LogP contribution is -1.93. The molecule has 20 heavy (non-hydrogen) atoms. The average molecular weight is 281 g/mol. The summed E-state index contributed by atoms with van der Waals surface area (Å²) >= 11 is 1.66. The summed E-state index contributed by atoms with van der Waals surface area (Å²) in [5.74, 6) is 0.460. The smallest absolute Gasteiger partial charge is 0.125 e. The molecule has 0 aliphatic heterocycles. The van der Waals surface area contributed by atoms with Gasteiger partial charge in [-0.25, -0.2) is 4.98 Å². The minimum absolute atomic E-state index is 0.460. The molecule has 0 atom stereocenters. The highest BCUT2D eigenvalue weighted by Gasteiger charge is 2.12. The van der Waals surface area contributed by atoms with E-state index in [1.165, 1.54) is 5.56 Å². The zero-order valence-corrected chi connectivity index (χ0v) is 12.3. The third-order valence-electron chi connectivity index (χ3n) is 3.19. The summed E-state index contributed by atoms with van der Waals surface area (Å²) in [5, 5.41) is 3.11. The standard InChI is InChI=1S/C16H15N3S/c1-11(2)13-5-8-18-9-14(13)16-19-15(10-20-16)12-3-6-17-7-4-12/h3-11H,1-2H3. The van der Waals surface area contributed by atoms with Crippen LogP contribution in [0, 0.1) is 0 Å². The highest BCUT2D eigenvalue weighted by atomic mass is 32.1. The van der Waals surface area contributed by atoms with E-state index >= 15 is 0 Å². The average Bonchev–Trinajstić information content (AvgIpc) is 2.98. The van der Waals surface area contributed by atoms with Crippen LogP contribution in [0.5, 0.6) is 0 Å². The molecule has 3 nitrogen and oxygen atoms in total. The molecule has 3 aromatic rings. The van der Waals surface area contributed by atoms with E-state index in [1.807, 2.05) is 24.5 Å². The van der Waals surface area contributed by atoms with Crippen molar-refractivity contribution in [3.63, 3.8) is 0 Å². The van der Waals surface area contributed by atoms with Crippen LogP contribution in [0.4, 0.5) is 0 Å². The van der Waals surface area contributed by atoms with Crippen LogP contribution in [0.25, 0.3) is 21.8 Å². The lowest BCUT2D eigenvalue weighted by Gasteiger charge is -2.09. The number of hydrogen-bond acceptors (Lipinski definition) is 4. The third-order valence-corrected chi connectivity index (χ3v) is 4.06. The quantitative estimate of drug-likeness (QED) is 0.714. The van der Waals surface area contributed by atoms with E-state index in [9.17, 15) is 0 Å². The summed E-state index contributed by atoms with van der Waals surface area (Å²) in [5.41, 5.74) is 4.51. The molecule has 3 rings (SSSR count). The van der Waals surface area contributed by atoms with E-state index in [1.54, 1.807) is 23.7 Å². The molecule has 0 saturated carbocycles. The molecule has 4 heteroatoms. The number of thiazole rings is 1. The first-order valence-electron chi connectivity index (χ1n) is 6.56. The van der Waals surface area contributed by atoms with Crippen molar-refractivity contribution in [3.05, 3.63) is 53.9 Å². The van der Waals surface area contributed by atoms with Crippen LogP contribution in [0.3, 0.4) is 0 Å². The minimum Gasteiger partial charge on any atom is -0.265 e. The van der Waals surface area contributed by atoms with Gasteiger partial charge < -0.3 is 0 Å². The molecular formula is C16H15N3S. The van der Waals surface area contributed by atoms with E-state index in [4.69, 9.17) is 4.98 Å². The molecule has 0 aliphatic carbocycles. The first-order valence-corrected chi connectivity index (χ1v) is 7.44. The van der Waals surface area contributed by atoms with E-state index in [0.29, 0.717) is 5.92 Å². The van der Waals surface area contributed by atoms with Crippen molar-refractivity contribution in [2.75, 3.05) is 0 Å². The van der Waals surface area contributed by atoms with Gasteiger partial charge in [-0.3, -0.25) is 9.97 Å². The zero-order valence-electron chi connectivity index (χ0n) is 11.4. The largest absolute Gasteiger partial charge is 0.265 e. The van der Waals surface area contributed by atoms with E-state index < -0.39 is 0 Å². The van der Waals surface area contributed by atoms with Crippen molar-refractivity contribution in [1.82, 2.24) is 15.0 Å². The maximum Gasteiger partial charge on any atom is 0.125 e. The molecule has 0 spiro atoms. The Balaban J connectivity index is 2.03. The summed E-state index contributed by atoms with van der Waals surface area (Å²) in [6, 6.07) is 6.03. The summed E-state index contributed by atoms with van der Waals surface area (Å²) in [6.45, 7) is 4.38. The topological polar surface area (TPSA) is 38.7 Å². The molecule has 0 aliphatic rings. The van der Waals surface area contributed by atoms with Gasteiger partial charge in [0.1, 0.15) is 5.01 Å². The van der Waals surface area contributed by atoms with Crippen LogP contribution >= 0.6 is 11.3 Å². The summed E-state index contributed by atoms with van der Waals surface area (Å²) in [4.78, 5) is 13.0. The van der Waals surface area contributed by atoms with Crippen molar-refractivity contribution in [2.24, 2.45) is 0 Å². The zero-order chi connectivity index (χ0) is 13.9. The first-order chi connectivity index (χ1) is 9.75. The second-order valence-corrected chi connectivity index (χ2v) is 5.75. The predicted molar refractivity (Wildman–Crippen MR) is 82.7 cm³/mol. The second kappa shape index (κ2) is 5.51. The van der Waals surface area contributed by atoms with Crippen molar-refractivity contribution < 1.29 is 0 Å². The van der Waals surface area contributed by atoms with Crippen molar-refractivity contribution in [3.8, 4) is 21.8 Å². The lowest BCUT2D eigenvalue weighted by atomic mass is 10.00. The van der Waals surface area contributed by atoms with Crippen molar-refractivity contribution in [1.29, 1.82) is 0 Å². The molecule has 3 heterocycles. The molecule has 0 radical (unpaired) electrons. The Morgan fingerprint density at radius 3 is 2.50 bits per heavy atom. The molecule has 0 bridgehead atoms. The van der Waals surface area contributed by atoms with Gasteiger partial charge in [0, 0.05) is 41.3 Å². The molecule has 0 N–H and O–H groups in total. The first kappa shape index (κ1) is 12.9. The van der Waals surface area contributed by atoms with Gasteiger partial charge in [0.15, 0.2) is 0 Å². The van der Waals surface area contributed by atoms with Gasteiger partial charge in [0.25, 0.3) is 0 Å². The van der Waals surface area contributed by atoms with Gasteiger partial charge in [-0.1, -0.05) is 13.8 Å². The highest BCUT2D eigenvalue weighted by Crippen LogP contribution is 2.32. The highest BCUT2D eigenvalue weighted by molar-refractivity contribution is 7.13. The lowest BCUT2D eigenvalue weighted by molar-refractivity contribution is 0.865. The normalized spacial score (nSPS) is 10.9. The predicted octanol–water partition coefficient (Wildman–Crippen LogP) is 4.39. The van der Waals surface area contributed by atoms with Crippen LogP contribution in [-0.4, -0.2) is 15.0 Å². The van der Waals surface area contributed by atoms with E-state index in [0.717, 1.165) is 21.8 Å². The maximum atomic E-state index is 4.74. The molecule has 0 aromatic carbocycles. The fourth-order valence-electron chi connectivity index (χ4n) is 2.14. The van der Waals surface area contributed by atoms with Crippen molar-refractivity contribution >= 4 is 11.3 Å². The monoisotopic (exact) mass is 281 g/mol. The Kier molecular flexibility index (Phi) is 3.56. The Hall–Kier alpha value is -2.07. The van der Waals surface area contributed by atoms with Gasteiger partial charge >= 0.3 is 0 Å². The van der Waals surface area contributed by atoms with Gasteiger partial charge in [0.2, 0.25) is 0 Å². The van der Waals surface area contributed by atoms with E-state index in [-0.39, 0.29) is 0 Å². The third kappa shape index (κ3) is 2.47. The maximum absolute atomic E-state index is 4.74. The number of nitrogens with zero attached hydrogens (tertiary/aromatic N) is 3. The minimum atomic E-state index is 0.460. The van der Waals surface area contributed by atoms with Gasteiger partial charge in [-0.15, -0.1) is 11.3 Å². The SMILES string of the molecule is CC(C)c1ccncc1-c1nc(-c2ccncc2)cs1. The van der Waals surface area contributed by atoms with Crippen molar-refractivity contribution in [2.45, 2.75) is 19.8 Å². The van der Waals surface area contributed by atoms with Crippen LogP contribution in [0.2, 0.25) is 0 Å². The van der Waals surface area contributed by atoms with Gasteiger partial charge in [-0.05, 0) is 29.7 Å². The van der Waals surface area contributed by atoms with Crippen LogP contribution in [-0.2, 0) is 0 Å². The molecule has 0 saturated heterocycles. The Morgan fingerprint density at radius 1 is 1.00 bits per heavy atom. The van der Waals surface area contributed by atoms with Crippen LogP contribution < -0.4 is 0 Å². The second-order valence-electron chi connectivity index (χ2n) is 4.89. The number of rotatable bonds is 3. The molecule has 3 aromatic heterocycles. The molecule has 0 unspecified atom stereocenters. The van der Waals surface area contributed by atoms with Gasteiger partial charge in [-0.2, -0.15) is 0 Å². The molecule has 100 valence electrons. The fourth-order valence-corrected chi connectivity index (χ4v) is 3.00. The Bertz CT molecular complexity index is 705. The molecule has 0 fully saturated rings. The van der Waals surface area contributed by atoms with Gasteiger partial charge in [0.05, 0.1) is 5.69 Å². The summed E-state index contributed by atoms with van der Waals surface area (Å²) < 4.78 is 0. The number of pyridine rings is 2.